The molecule has 1 aromatic rings. The van der Waals surface area contributed by atoms with Crippen molar-refractivity contribution < 1.29 is 17.9 Å². The summed E-state index contributed by atoms with van der Waals surface area (Å²) < 4.78 is 27.1. The van der Waals surface area contributed by atoms with Gasteiger partial charge in [0.2, 0.25) is 0 Å². The Morgan fingerprint density at radius 2 is 2.00 bits per heavy atom. The second-order valence-electron chi connectivity index (χ2n) is 4.10. The molecule has 5 heteroatoms. The first-order valence-electron chi connectivity index (χ1n) is 5.15. The van der Waals surface area contributed by atoms with E-state index in [-0.39, 0.29) is 12.2 Å². The molecule has 0 amide bonds. The van der Waals surface area contributed by atoms with Gasteiger partial charge in [-0.3, -0.25) is 4.79 Å². The number of ether oxygens (including phenoxy) is 1. The fourth-order valence-corrected chi connectivity index (χ4v) is 2.29. The lowest BCUT2D eigenvalue weighted by molar-refractivity contribution is -0.116. The maximum Gasteiger partial charge on any atom is 0.154 e. The molecule has 0 aromatic heterocycles. The Morgan fingerprint density at radius 1 is 1.35 bits per heavy atom. The first-order valence-corrected chi connectivity index (χ1v) is 7.21. The molecular weight excluding hydrogens is 240 g/mol. The minimum Gasteiger partial charge on any atom is -0.496 e. The largest absolute Gasteiger partial charge is 0.496 e. The van der Waals surface area contributed by atoms with Gasteiger partial charge in [0.25, 0.3) is 0 Å². The molecule has 1 rings (SSSR count). The van der Waals surface area contributed by atoms with Crippen LogP contribution in [0.5, 0.6) is 5.75 Å². The van der Waals surface area contributed by atoms with Crippen LogP contribution < -0.4 is 4.74 Å². The van der Waals surface area contributed by atoms with E-state index in [0.29, 0.717) is 5.75 Å². The van der Waals surface area contributed by atoms with Gasteiger partial charge in [0.1, 0.15) is 11.5 Å². The highest BCUT2D eigenvalue weighted by Crippen LogP contribution is 2.20. The Morgan fingerprint density at radius 3 is 2.53 bits per heavy atom. The van der Waals surface area contributed by atoms with Crippen LogP contribution in [0.1, 0.15) is 11.1 Å². The van der Waals surface area contributed by atoms with E-state index in [2.05, 4.69) is 0 Å². The van der Waals surface area contributed by atoms with E-state index in [1.807, 2.05) is 19.1 Å². The number of carbonyl (C=O) groups is 1. The van der Waals surface area contributed by atoms with Crippen LogP contribution >= 0.6 is 0 Å². The van der Waals surface area contributed by atoms with Gasteiger partial charge in [0.15, 0.2) is 15.6 Å². The molecule has 94 valence electrons. The number of sulfone groups is 1. The third-order valence-electron chi connectivity index (χ3n) is 2.25. The standard InChI is InChI=1S/C12H16O4S/c1-9-4-5-12(16-2)10(6-9)7-11(13)8-17(3,14)15/h4-6H,7-8H2,1-3H3. The third kappa shape index (κ3) is 4.56. The predicted octanol–water partition coefficient (Wildman–Crippen LogP) is 1.16. The first kappa shape index (κ1) is 13.7. The average Bonchev–Trinajstić information content (AvgIpc) is 2.14. The van der Waals surface area contributed by atoms with Crippen LogP contribution in [0.2, 0.25) is 0 Å². The second-order valence-corrected chi connectivity index (χ2v) is 6.24. The lowest BCUT2D eigenvalue weighted by Gasteiger charge is -2.08. The van der Waals surface area contributed by atoms with Crippen molar-refractivity contribution in [2.45, 2.75) is 13.3 Å². The Hall–Kier alpha value is -1.36. The number of carbonyl (C=O) groups excluding carboxylic acids is 1. The highest BCUT2D eigenvalue weighted by atomic mass is 32.2. The molecule has 0 radical (unpaired) electrons. The van der Waals surface area contributed by atoms with E-state index in [1.165, 1.54) is 7.11 Å². The summed E-state index contributed by atoms with van der Waals surface area (Å²) in [7, 11) is -1.74. The number of rotatable bonds is 5. The highest BCUT2D eigenvalue weighted by Gasteiger charge is 2.14. The van der Waals surface area contributed by atoms with Crippen LogP contribution in [0.25, 0.3) is 0 Å². The first-order chi connectivity index (χ1) is 7.81. The van der Waals surface area contributed by atoms with Crippen molar-refractivity contribution in [3.8, 4) is 5.75 Å². The highest BCUT2D eigenvalue weighted by molar-refractivity contribution is 7.91. The summed E-state index contributed by atoms with van der Waals surface area (Å²) >= 11 is 0. The summed E-state index contributed by atoms with van der Waals surface area (Å²) in [4.78, 5) is 11.6. The number of benzene rings is 1. The maximum absolute atomic E-state index is 11.6. The van der Waals surface area contributed by atoms with Crippen molar-refractivity contribution in [2.24, 2.45) is 0 Å². The van der Waals surface area contributed by atoms with E-state index in [9.17, 15) is 13.2 Å². The molecule has 0 atom stereocenters. The summed E-state index contributed by atoms with van der Waals surface area (Å²) in [5.41, 5.74) is 1.73. The van der Waals surface area contributed by atoms with Crippen LogP contribution in [-0.4, -0.2) is 33.3 Å². The Balaban J connectivity index is 2.87. The third-order valence-corrected chi connectivity index (χ3v) is 3.09. The molecule has 0 aliphatic rings. The van der Waals surface area contributed by atoms with Crippen LogP contribution in [0.4, 0.5) is 0 Å². The van der Waals surface area contributed by atoms with Crippen LogP contribution in [0.15, 0.2) is 18.2 Å². The Labute approximate surface area is 102 Å². The van der Waals surface area contributed by atoms with Crippen molar-refractivity contribution in [2.75, 3.05) is 19.1 Å². The molecule has 0 unspecified atom stereocenters. The van der Waals surface area contributed by atoms with Gasteiger partial charge >= 0.3 is 0 Å². The van der Waals surface area contributed by atoms with Crippen molar-refractivity contribution in [3.63, 3.8) is 0 Å². The van der Waals surface area contributed by atoms with E-state index in [4.69, 9.17) is 4.74 Å². The Bertz CT molecular complexity index is 517. The Kier molecular flexibility index (Phi) is 4.28. The van der Waals surface area contributed by atoms with Crippen molar-refractivity contribution >= 4 is 15.6 Å². The zero-order valence-corrected chi connectivity index (χ0v) is 11.0. The monoisotopic (exact) mass is 256 g/mol. The van der Waals surface area contributed by atoms with Gasteiger partial charge in [-0.25, -0.2) is 8.42 Å². The predicted molar refractivity (Wildman–Crippen MR) is 66.2 cm³/mol. The molecule has 0 heterocycles. The van der Waals surface area contributed by atoms with Gasteiger partial charge in [-0.1, -0.05) is 17.7 Å². The van der Waals surface area contributed by atoms with Gasteiger partial charge in [0.05, 0.1) is 7.11 Å². The zero-order valence-electron chi connectivity index (χ0n) is 10.2. The molecule has 17 heavy (non-hydrogen) atoms. The van der Waals surface area contributed by atoms with Gasteiger partial charge in [-0.15, -0.1) is 0 Å². The average molecular weight is 256 g/mol. The molecule has 0 spiro atoms. The topological polar surface area (TPSA) is 60.4 Å². The molecule has 1 aromatic carbocycles. The molecule has 0 N–H and O–H groups in total. The second kappa shape index (κ2) is 5.31. The van der Waals surface area contributed by atoms with Crippen LogP contribution in [0.3, 0.4) is 0 Å². The number of Topliss-reactive ketones (excluding diaryl/α,β-unsaturated/α-hetero) is 1. The number of hydrogen-bond acceptors (Lipinski definition) is 4. The number of methoxy groups -OCH3 is 1. The van der Waals surface area contributed by atoms with Gasteiger partial charge in [0, 0.05) is 18.2 Å². The number of hydrogen-bond donors (Lipinski definition) is 0. The molecular formula is C12H16O4S. The fourth-order valence-electron chi connectivity index (χ4n) is 1.60. The van der Waals surface area contributed by atoms with Crippen LogP contribution in [-0.2, 0) is 21.1 Å². The zero-order chi connectivity index (χ0) is 13.1. The SMILES string of the molecule is COc1ccc(C)cc1CC(=O)CS(C)(=O)=O. The van der Waals surface area contributed by atoms with Crippen LogP contribution in [0, 0.1) is 6.92 Å². The summed E-state index contributed by atoms with van der Waals surface area (Å²) in [6.45, 7) is 1.91. The number of aryl methyl sites for hydroxylation is 1. The quantitative estimate of drug-likeness (QED) is 0.793. The molecule has 0 fully saturated rings. The molecule has 0 bridgehead atoms. The lowest BCUT2D eigenvalue weighted by atomic mass is 10.1. The fraction of sp³-hybridized carbons (Fsp3) is 0.417. The molecule has 0 aliphatic carbocycles. The molecule has 0 saturated heterocycles. The van der Waals surface area contributed by atoms with E-state index in [0.717, 1.165) is 17.4 Å². The van der Waals surface area contributed by atoms with Crippen molar-refractivity contribution in [1.82, 2.24) is 0 Å². The van der Waals surface area contributed by atoms with Crippen molar-refractivity contribution in [3.05, 3.63) is 29.3 Å². The van der Waals surface area contributed by atoms with Gasteiger partial charge < -0.3 is 4.74 Å². The van der Waals surface area contributed by atoms with Gasteiger partial charge in [-0.05, 0) is 13.0 Å². The minimum atomic E-state index is -3.26. The molecule has 0 saturated carbocycles. The van der Waals surface area contributed by atoms with E-state index < -0.39 is 15.6 Å². The lowest BCUT2D eigenvalue weighted by Crippen LogP contribution is -2.16. The van der Waals surface area contributed by atoms with Crippen molar-refractivity contribution in [1.29, 1.82) is 0 Å². The summed E-state index contributed by atoms with van der Waals surface area (Å²) in [5.74, 6) is -0.141. The maximum atomic E-state index is 11.6. The number of ketones is 1. The summed E-state index contributed by atoms with van der Waals surface area (Å²) in [6.07, 6.45) is 1.14. The smallest absolute Gasteiger partial charge is 0.154 e. The molecule has 0 aliphatic heterocycles. The normalized spacial score (nSPS) is 11.2. The van der Waals surface area contributed by atoms with E-state index in [1.54, 1.807) is 6.07 Å². The van der Waals surface area contributed by atoms with E-state index >= 15 is 0 Å². The summed E-state index contributed by atoms with van der Waals surface area (Å²) in [5, 5.41) is 0. The van der Waals surface area contributed by atoms with Gasteiger partial charge in [-0.2, -0.15) is 0 Å². The molecule has 4 nitrogen and oxygen atoms in total. The summed E-state index contributed by atoms with van der Waals surface area (Å²) in [6, 6.07) is 5.49. The minimum absolute atomic E-state index is 0.0813.